The van der Waals surface area contributed by atoms with Gasteiger partial charge >= 0.3 is 0 Å². The summed E-state index contributed by atoms with van der Waals surface area (Å²) in [4.78, 5) is 4.03. The first kappa shape index (κ1) is 14.0. The zero-order valence-electron chi connectivity index (χ0n) is 9.85. The van der Waals surface area contributed by atoms with Crippen molar-refractivity contribution in [3.8, 4) is 0 Å². The molecular weight excluding hydrogens is 305 g/mol. The second-order valence-electron chi connectivity index (χ2n) is 3.76. The number of thiocarbonyl (C=S) groups is 1. The van der Waals surface area contributed by atoms with Gasteiger partial charge in [0.05, 0.1) is 5.16 Å². The van der Waals surface area contributed by atoms with Crippen molar-refractivity contribution in [2.45, 2.75) is 13.1 Å². The van der Waals surface area contributed by atoms with Crippen molar-refractivity contribution in [2.24, 2.45) is 4.99 Å². The Morgan fingerprint density at radius 3 is 2.79 bits per heavy atom. The van der Waals surface area contributed by atoms with Gasteiger partial charge in [-0.25, -0.2) is 4.99 Å². The minimum atomic E-state index is -0.494. The normalized spacial score (nSPS) is 11.7. The molecule has 1 aromatic heterocycles. The molecule has 2 aromatic rings. The first-order valence-electron chi connectivity index (χ1n) is 5.32. The number of anilines is 1. The van der Waals surface area contributed by atoms with Gasteiger partial charge in [-0.05, 0) is 31.3 Å². The minimum Gasteiger partial charge on any atom is -0.360 e. The van der Waals surface area contributed by atoms with Crippen molar-refractivity contribution in [3.05, 3.63) is 45.6 Å². The maximum Gasteiger partial charge on any atom is 0.171 e. The molecule has 1 N–H and O–H groups in total. The number of benzene rings is 1. The molecule has 0 aliphatic rings. The van der Waals surface area contributed by atoms with Gasteiger partial charge in [0.15, 0.2) is 12.0 Å². The number of nitrogens with one attached hydrogen (secondary N) is 1. The predicted octanol–water partition coefficient (Wildman–Crippen LogP) is 4.50. The van der Waals surface area contributed by atoms with Crippen LogP contribution in [0.4, 0.5) is 5.82 Å². The molecule has 0 radical (unpaired) electrons. The quantitative estimate of drug-likeness (QED) is 0.666. The van der Waals surface area contributed by atoms with Crippen molar-refractivity contribution in [1.82, 2.24) is 5.16 Å². The number of aromatic nitrogens is 1. The SMILES string of the molecule is Cc1cc(NC(N=C=S)c2ccc(Cl)cc2Cl)no1. The molecule has 0 spiro atoms. The Kier molecular flexibility index (Phi) is 4.56. The molecule has 0 aliphatic heterocycles. The Hall–Kier alpha value is -1.39. The molecule has 0 amide bonds. The molecule has 1 aromatic carbocycles. The highest BCUT2D eigenvalue weighted by Gasteiger charge is 2.15. The van der Waals surface area contributed by atoms with Gasteiger partial charge in [0.2, 0.25) is 0 Å². The van der Waals surface area contributed by atoms with Gasteiger partial charge in [-0.15, -0.1) is 0 Å². The van der Waals surface area contributed by atoms with Gasteiger partial charge < -0.3 is 9.84 Å². The molecule has 0 bridgehead atoms. The number of isothiocyanates is 1. The third kappa shape index (κ3) is 3.55. The van der Waals surface area contributed by atoms with Crippen LogP contribution in [0.25, 0.3) is 0 Å². The average molecular weight is 314 g/mol. The van der Waals surface area contributed by atoms with Crippen LogP contribution in [-0.4, -0.2) is 10.3 Å². The summed E-state index contributed by atoms with van der Waals surface area (Å²) in [6.07, 6.45) is -0.494. The number of hydrogen-bond acceptors (Lipinski definition) is 5. The van der Waals surface area contributed by atoms with Gasteiger partial charge in [-0.3, -0.25) is 0 Å². The first-order chi connectivity index (χ1) is 9.10. The molecule has 0 saturated carbocycles. The summed E-state index contributed by atoms with van der Waals surface area (Å²) in [7, 11) is 0. The zero-order chi connectivity index (χ0) is 13.8. The molecule has 0 saturated heterocycles. The Morgan fingerprint density at radius 1 is 1.42 bits per heavy atom. The fraction of sp³-hybridized carbons (Fsp3) is 0.167. The van der Waals surface area contributed by atoms with Crippen molar-refractivity contribution in [2.75, 3.05) is 5.32 Å². The number of aryl methyl sites for hydroxylation is 1. The molecule has 1 unspecified atom stereocenters. The highest BCUT2D eigenvalue weighted by Crippen LogP contribution is 2.29. The highest BCUT2D eigenvalue weighted by atomic mass is 35.5. The summed E-state index contributed by atoms with van der Waals surface area (Å²) >= 11 is 16.7. The standard InChI is InChI=1S/C12H9Cl2N3OS/c1-7-4-11(17-18-7)16-12(15-6-19)9-3-2-8(13)5-10(9)14/h2-5,12H,1H3,(H,16,17). The Bertz CT molecular complexity index is 638. The molecule has 1 atom stereocenters. The lowest BCUT2D eigenvalue weighted by molar-refractivity contribution is 0.399. The lowest BCUT2D eigenvalue weighted by Crippen LogP contribution is -2.09. The molecule has 0 fully saturated rings. The summed E-state index contributed by atoms with van der Waals surface area (Å²) in [5.74, 6) is 1.23. The summed E-state index contributed by atoms with van der Waals surface area (Å²) in [6, 6.07) is 6.88. The smallest absolute Gasteiger partial charge is 0.171 e. The van der Waals surface area contributed by atoms with Crippen molar-refractivity contribution in [3.63, 3.8) is 0 Å². The van der Waals surface area contributed by atoms with Crippen LogP contribution in [0, 0.1) is 6.92 Å². The number of nitrogens with zero attached hydrogens (tertiary/aromatic N) is 2. The van der Waals surface area contributed by atoms with E-state index in [1.807, 2.05) is 0 Å². The topological polar surface area (TPSA) is 50.4 Å². The van der Waals surface area contributed by atoms with Crippen LogP contribution in [0.1, 0.15) is 17.5 Å². The van der Waals surface area contributed by atoms with Gasteiger partial charge in [0.1, 0.15) is 5.76 Å². The number of rotatable bonds is 4. The molecule has 4 nitrogen and oxygen atoms in total. The summed E-state index contributed by atoms with van der Waals surface area (Å²) in [5.41, 5.74) is 0.726. The fourth-order valence-corrected chi connectivity index (χ4v) is 2.15. The van der Waals surface area contributed by atoms with Crippen molar-refractivity contribution in [1.29, 1.82) is 0 Å². The van der Waals surface area contributed by atoms with Crippen LogP contribution in [0.3, 0.4) is 0 Å². The highest BCUT2D eigenvalue weighted by molar-refractivity contribution is 7.78. The lowest BCUT2D eigenvalue weighted by Gasteiger charge is -2.14. The number of aliphatic imine (C=N–C) groups is 1. The molecule has 0 aliphatic carbocycles. The maximum absolute atomic E-state index is 6.14. The van der Waals surface area contributed by atoms with E-state index in [9.17, 15) is 0 Å². The van der Waals surface area contributed by atoms with Crippen LogP contribution in [0.15, 0.2) is 33.8 Å². The minimum absolute atomic E-state index is 0.485. The third-order valence-corrected chi connectivity index (χ3v) is 3.02. The van der Waals surface area contributed by atoms with E-state index in [0.717, 1.165) is 5.56 Å². The number of halogens is 2. The molecule has 98 valence electrons. The number of hydrogen-bond donors (Lipinski definition) is 1. The van der Waals surface area contributed by atoms with Gasteiger partial charge in [-0.2, -0.15) is 0 Å². The van der Waals surface area contributed by atoms with Crippen molar-refractivity contribution >= 4 is 46.4 Å². The zero-order valence-corrected chi connectivity index (χ0v) is 12.2. The van der Waals surface area contributed by atoms with Crippen LogP contribution in [-0.2, 0) is 0 Å². The Morgan fingerprint density at radius 2 is 2.21 bits per heavy atom. The van der Waals surface area contributed by atoms with E-state index >= 15 is 0 Å². The van der Waals surface area contributed by atoms with Gasteiger partial charge in [0, 0.05) is 21.7 Å². The van der Waals surface area contributed by atoms with Crippen LogP contribution in [0.2, 0.25) is 10.0 Å². The average Bonchev–Trinajstić information content (AvgIpc) is 2.74. The lowest BCUT2D eigenvalue weighted by atomic mass is 10.1. The summed E-state index contributed by atoms with van der Waals surface area (Å²) in [5, 5.41) is 10.3. The molecule has 1 heterocycles. The Labute approximate surface area is 125 Å². The summed E-state index contributed by atoms with van der Waals surface area (Å²) < 4.78 is 4.97. The second-order valence-corrected chi connectivity index (χ2v) is 4.78. The maximum atomic E-state index is 6.14. The summed E-state index contributed by atoms with van der Waals surface area (Å²) in [6.45, 7) is 1.80. The van der Waals surface area contributed by atoms with Crippen LogP contribution < -0.4 is 5.32 Å². The van der Waals surface area contributed by atoms with Gasteiger partial charge in [0.25, 0.3) is 0 Å². The van der Waals surface area contributed by atoms with E-state index in [1.165, 1.54) is 0 Å². The van der Waals surface area contributed by atoms with Crippen molar-refractivity contribution < 1.29 is 4.52 Å². The van der Waals surface area contributed by atoms with Crippen LogP contribution in [0.5, 0.6) is 0 Å². The molecule has 2 rings (SSSR count). The predicted molar refractivity (Wildman–Crippen MR) is 79.1 cm³/mol. The van der Waals surface area contributed by atoms with E-state index in [0.29, 0.717) is 21.6 Å². The molecular formula is C12H9Cl2N3OS. The van der Waals surface area contributed by atoms with E-state index in [4.69, 9.17) is 27.7 Å². The van der Waals surface area contributed by atoms with E-state index in [-0.39, 0.29) is 0 Å². The first-order valence-corrected chi connectivity index (χ1v) is 6.48. The van der Waals surface area contributed by atoms with E-state index < -0.39 is 6.17 Å². The third-order valence-electron chi connectivity index (χ3n) is 2.35. The fourth-order valence-electron chi connectivity index (χ4n) is 1.53. The van der Waals surface area contributed by atoms with E-state index in [2.05, 4.69) is 32.8 Å². The largest absolute Gasteiger partial charge is 0.360 e. The monoisotopic (exact) mass is 313 g/mol. The van der Waals surface area contributed by atoms with Gasteiger partial charge in [-0.1, -0.05) is 34.4 Å². The molecule has 19 heavy (non-hydrogen) atoms. The second kappa shape index (κ2) is 6.17. The molecule has 7 heteroatoms. The van der Waals surface area contributed by atoms with E-state index in [1.54, 1.807) is 31.2 Å². The Balaban J connectivity index is 2.31. The van der Waals surface area contributed by atoms with Crippen LogP contribution >= 0.6 is 35.4 Å².